The van der Waals surface area contributed by atoms with Gasteiger partial charge in [0.1, 0.15) is 11.5 Å². The normalized spacial score (nSPS) is 8.57. The van der Waals surface area contributed by atoms with Crippen LogP contribution in [0.5, 0.6) is 11.5 Å². The van der Waals surface area contributed by atoms with Crippen LogP contribution < -0.4 is 0 Å². The molecule has 70 valence electrons. The fourth-order valence-corrected chi connectivity index (χ4v) is 0.811. The number of hydrogen-bond donors (Lipinski definition) is 2. The summed E-state index contributed by atoms with van der Waals surface area (Å²) in [6.45, 7) is 0. The molecule has 0 fully saturated rings. The number of hydrogen-bond acceptors (Lipinski definition) is 4. The van der Waals surface area contributed by atoms with Gasteiger partial charge in [-0.1, -0.05) is 10.2 Å². The molecule has 1 rings (SSSR count). The zero-order valence-corrected chi connectivity index (χ0v) is 6.73. The second-order valence-corrected chi connectivity index (χ2v) is 2.21. The molecule has 0 radical (unpaired) electrons. The predicted octanol–water partition coefficient (Wildman–Crippen LogP) is 2.98. The van der Waals surface area contributed by atoms with E-state index in [1.54, 1.807) is 0 Å². The van der Waals surface area contributed by atoms with Crippen molar-refractivity contribution >= 4 is 11.4 Å². The van der Waals surface area contributed by atoms with Crippen LogP contribution >= 0.6 is 0 Å². The number of benzene rings is 1. The van der Waals surface area contributed by atoms with Crippen LogP contribution in [0, 0.1) is 0 Å². The van der Waals surface area contributed by atoms with Gasteiger partial charge in [-0.15, -0.1) is 0 Å². The molecule has 0 saturated carbocycles. The molecule has 0 bridgehead atoms. The standard InChI is InChI=1S/C6H4N6O2/c7-11-9-3-1-5(13)4(10-12-8)2-6(3)14/h1-2,13-14H. The average Bonchev–Trinajstić information content (AvgIpc) is 2.14. The number of rotatable bonds is 2. The van der Waals surface area contributed by atoms with Crippen molar-refractivity contribution in [3.63, 3.8) is 0 Å². The summed E-state index contributed by atoms with van der Waals surface area (Å²) in [7, 11) is 0. The number of phenols is 2. The second-order valence-electron chi connectivity index (χ2n) is 2.21. The fraction of sp³-hybridized carbons (Fsp3) is 0. The molecule has 0 aliphatic rings. The van der Waals surface area contributed by atoms with E-state index in [1.165, 1.54) is 0 Å². The third-order valence-electron chi connectivity index (χ3n) is 1.38. The van der Waals surface area contributed by atoms with E-state index in [9.17, 15) is 10.2 Å². The van der Waals surface area contributed by atoms with Crippen molar-refractivity contribution in [2.24, 2.45) is 10.2 Å². The highest BCUT2D eigenvalue weighted by Gasteiger charge is 2.05. The third kappa shape index (κ3) is 1.78. The van der Waals surface area contributed by atoms with Gasteiger partial charge < -0.3 is 10.2 Å². The summed E-state index contributed by atoms with van der Waals surface area (Å²) in [6, 6.07) is 2.00. The maximum absolute atomic E-state index is 9.21. The van der Waals surface area contributed by atoms with Crippen molar-refractivity contribution < 1.29 is 10.2 Å². The van der Waals surface area contributed by atoms with Gasteiger partial charge in [-0.25, -0.2) is 0 Å². The quantitative estimate of drug-likeness (QED) is 0.322. The first-order valence-electron chi connectivity index (χ1n) is 3.35. The van der Waals surface area contributed by atoms with Crippen LogP contribution in [0.4, 0.5) is 11.4 Å². The van der Waals surface area contributed by atoms with Gasteiger partial charge in [-0.2, -0.15) is 0 Å². The first kappa shape index (κ1) is 9.53. The molecule has 1 aromatic rings. The van der Waals surface area contributed by atoms with Gasteiger partial charge in [0.25, 0.3) is 0 Å². The lowest BCUT2D eigenvalue weighted by Crippen LogP contribution is -1.70. The van der Waals surface area contributed by atoms with Gasteiger partial charge in [0.2, 0.25) is 0 Å². The van der Waals surface area contributed by atoms with Gasteiger partial charge in [0, 0.05) is 9.82 Å². The Morgan fingerprint density at radius 1 is 0.929 bits per heavy atom. The Hall–Kier alpha value is -2.56. The van der Waals surface area contributed by atoms with E-state index in [0.717, 1.165) is 12.1 Å². The SMILES string of the molecule is [N-]=[N+]=Nc1cc(O)c(N=[N+]=[N-])cc1O. The highest BCUT2D eigenvalue weighted by atomic mass is 16.3. The summed E-state index contributed by atoms with van der Waals surface area (Å²) in [5.41, 5.74) is 15.9. The predicted molar refractivity (Wildman–Crippen MR) is 47.4 cm³/mol. The van der Waals surface area contributed by atoms with Crippen molar-refractivity contribution in [3.05, 3.63) is 33.0 Å². The topological polar surface area (TPSA) is 138 Å². The van der Waals surface area contributed by atoms with Crippen LogP contribution in [-0.2, 0) is 0 Å². The molecule has 0 atom stereocenters. The molecular formula is C6H4N6O2. The van der Waals surface area contributed by atoms with Crippen molar-refractivity contribution in [2.45, 2.75) is 0 Å². The number of aromatic hydroxyl groups is 2. The maximum atomic E-state index is 9.21. The zero-order valence-electron chi connectivity index (χ0n) is 6.73. The van der Waals surface area contributed by atoms with Crippen LogP contribution in [0.2, 0.25) is 0 Å². The highest BCUT2D eigenvalue weighted by molar-refractivity contribution is 5.65. The third-order valence-corrected chi connectivity index (χ3v) is 1.38. The Morgan fingerprint density at radius 2 is 1.29 bits per heavy atom. The average molecular weight is 192 g/mol. The van der Waals surface area contributed by atoms with E-state index in [0.29, 0.717) is 0 Å². The molecule has 8 nitrogen and oxygen atoms in total. The molecule has 0 spiro atoms. The van der Waals surface area contributed by atoms with Crippen LogP contribution in [-0.4, -0.2) is 10.2 Å². The molecule has 0 aliphatic heterocycles. The van der Waals surface area contributed by atoms with E-state index >= 15 is 0 Å². The highest BCUT2D eigenvalue weighted by Crippen LogP contribution is 2.38. The lowest BCUT2D eigenvalue weighted by atomic mass is 10.2. The number of phenolic OH excluding ortho intramolecular Hbond substituents is 2. The summed E-state index contributed by atoms with van der Waals surface area (Å²) in [6.07, 6.45) is 0. The largest absolute Gasteiger partial charge is 0.507 e. The van der Waals surface area contributed by atoms with Crippen molar-refractivity contribution in [3.8, 4) is 11.5 Å². The monoisotopic (exact) mass is 192 g/mol. The molecule has 0 unspecified atom stereocenters. The first-order valence-corrected chi connectivity index (χ1v) is 3.35. The Morgan fingerprint density at radius 3 is 1.57 bits per heavy atom. The summed E-state index contributed by atoms with van der Waals surface area (Å²) in [5.74, 6) is -0.744. The maximum Gasteiger partial charge on any atom is 0.125 e. The van der Waals surface area contributed by atoms with Gasteiger partial charge in [-0.3, -0.25) is 0 Å². The molecule has 0 saturated heterocycles. The van der Waals surface area contributed by atoms with E-state index < -0.39 is 0 Å². The Labute approximate surface area is 77.3 Å². The van der Waals surface area contributed by atoms with E-state index in [1.807, 2.05) is 0 Å². The second kappa shape index (κ2) is 3.90. The van der Waals surface area contributed by atoms with Crippen molar-refractivity contribution in [1.82, 2.24) is 0 Å². The lowest BCUT2D eigenvalue weighted by Gasteiger charge is -2.01. The minimum Gasteiger partial charge on any atom is -0.507 e. The van der Waals surface area contributed by atoms with Gasteiger partial charge in [0.15, 0.2) is 0 Å². The smallest absolute Gasteiger partial charge is 0.125 e. The number of nitrogens with zero attached hydrogens (tertiary/aromatic N) is 6. The fourth-order valence-electron chi connectivity index (χ4n) is 0.811. The zero-order chi connectivity index (χ0) is 10.6. The van der Waals surface area contributed by atoms with Crippen LogP contribution in [0.15, 0.2) is 22.4 Å². The summed E-state index contributed by atoms with van der Waals surface area (Å²) in [5, 5.41) is 24.6. The van der Waals surface area contributed by atoms with Gasteiger partial charge in [0.05, 0.1) is 11.4 Å². The Kier molecular flexibility index (Phi) is 2.66. The molecule has 8 heteroatoms. The molecule has 0 heterocycles. The summed E-state index contributed by atoms with van der Waals surface area (Å²) < 4.78 is 0. The molecule has 0 amide bonds. The molecular weight excluding hydrogens is 188 g/mol. The van der Waals surface area contributed by atoms with Crippen molar-refractivity contribution in [1.29, 1.82) is 0 Å². The minimum atomic E-state index is -0.372. The molecule has 14 heavy (non-hydrogen) atoms. The molecule has 0 aliphatic carbocycles. The Bertz CT molecular complexity index is 414. The van der Waals surface area contributed by atoms with Crippen LogP contribution in [0.25, 0.3) is 20.9 Å². The van der Waals surface area contributed by atoms with Crippen LogP contribution in [0.1, 0.15) is 0 Å². The summed E-state index contributed by atoms with van der Waals surface area (Å²) >= 11 is 0. The van der Waals surface area contributed by atoms with Gasteiger partial charge in [-0.05, 0) is 23.2 Å². The molecule has 1 aromatic carbocycles. The Balaban J connectivity index is 3.37. The van der Waals surface area contributed by atoms with Gasteiger partial charge >= 0.3 is 0 Å². The van der Waals surface area contributed by atoms with Crippen LogP contribution in [0.3, 0.4) is 0 Å². The minimum absolute atomic E-state index is 0.137. The van der Waals surface area contributed by atoms with E-state index in [4.69, 9.17) is 11.1 Å². The van der Waals surface area contributed by atoms with E-state index in [2.05, 4.69) is 20.1 Å². The molecule has 0 aromatic heterocycles. The lowest BCUT2D eigenvalue weighted by molar-refractivity contribution is 0.463. The van der Waals surface area contributed by atoms with Crippen molar-refractivity contribution in [2.75, 3.05) is 0 Å². The first-order chi connectivity index (χ1) is 6.69. The number of azide groups is 2. The summed E-state index contributed by atoms with van der Waals surface area (Å²) in [4.78, 5) is 4.87. The van der Waals surface area contributed by atoms with E-state index in [-0.39, 0.29) is 22.9 Å². The molecule has 2 N–H and O–H groups in total.